The predicted octanol–water partition coefficient (Wildman–Crippen LogP) is 3.15. The van der Waals surface area contributed by atoms with Crippen molar-refractivity contribution in [2.45, 2.75) is 39.7 Å². The number of carbonyl (C=O) groups is 1. The van der Waals surface area contributed by atoms with E-state index < -0.39 is 15.6 Å². The van der Waals surface area contributed by atoms with Gasteiger partial charge in [-0.2, -0.15) is 4.31 Å². The Labute approximate surface area is 141 Å². The molecule has 1 rings (SSSR count). The third kappa shape index (κ3) is 5.70. The summed E-state index contributed by atoms with van der Waals surface area (Å²) in [5, 5.41) is 2.81. The SMILES string of the molecule is Cc1cc(Br)ccc1NC(=O)CCN(C(C)(C)C)S(C)(=O)=O. The van der Waals surface area contributed by atoms with Crippen LogP contribution >= 0.6 is 15.9 Å². The molecule has 0 bridgehead atoms. The molecule has 1 aromatic carbocycles. The molecule has 1 aromatic rings. The number of amides is 1. The van der Waals surface area contributed by atoms with Gasteiger partial charge < -0.3 is 5.32 Å². The van der Waals surface area contributed by atoms with Crippen molar-refractivity contribution in [1.82, 2.24) is 4.31 Å². The Bertz CT molecular complexity index is 651. The maximum atomic E-state index is 12.1. The molecule has 0 radical (unpaired) electrons. The van der Waals surface area contributed by atoms with E-state index in [-0.39, 0.29) is 18.9 Å². The number of benzene rings is 1. The Kier molecular flexibility index (Phi) is 6.18. The minimum Gasteiger partial charge on any atom is -0.326 e. The molecular weight excluding hydrogens is 368 g/mol. The highest BCUT2D eigenvalue weighted by Gasteiger charge is 2.29. The first-order valence-corrected chi connectivity index (χ1v) is 9.59. The number of carbonyl (C=O) groups excluding carboxylic acids is 1. The second-order valence-electron chi connectivity index (χ2n) is 6.26. The van der Waals surface area contributed by atoms with Crippen molar-refractivity contribution >= 4 is 37.5 Å². The van der Waals surface area contributed by atoms with E-state index in [9.17, 15) is 13.2 Å². The van der Waals surface area contributed by atoms with Crippen LogP contribution < -0.4 is 5.32 Å². The summed E-state index contributed by atoms with van der Waals surface area (Å²) in [6.07, 6.45) is 1.27. The first kappa shape index (κ1) is 19.1. The van der Waals surface area contributed by atoms with E-state index in [2.05, 4.69) is 21.2 Å². The Morgan fingerprint density at radius 2 is 1.91 bits per heavy atom. The average Bonchev–Trinajstić information content (AvgIpc) is 2.29. The molecule has 0 fully saturated rings. The van der Waals surface area contributed by atoms with Gasteiger partial charge >= 0.3 is 0 Å². The molecule has 1 amide bonds. The van der Waals surface area contributed by atoms with Crippen molar-refractivity contribution in [2.24, 2.45) is 0 Å². The van der Waals surface area contributed by atoms with Crippen LogP contribution in [0, 0.1) is 6.92 Å². The van der Waals surface area contributed by atoms with Crippen LogP contribution in [0.5, 0.6) is 0 Å². The molecule has 124 valence electrons. The highest BCUT2D eigenvalue weighted by atomic mass is 79.9. The van der Waals surface area contributed by atoms with E-state index in [0.717, 1.165) is 22.0 Å². The third-order valence-electron chi connectivity index (χ3n) is 3.15. The van der Waals surface area contributed by atoms with Crippen LogP contribution in [0.2, 0.25) is 0 Å². The van der Waals surface area contributed by atoms with E-state index in [4.69, 9.17) is 0 Å². The van der Waals surface area contributed by atoms with Crippen LogP contribution in [-0.2, 0) is 14.8 Å². The molecule has 0 aliphatic rings. The lowest BCUT2D eigenvalue weighted by atomic mass is 10.1. The van der Waals surface area contributed by atoms with Gasteiger partial charge in [0, 0.05) is 28.7 Å². The fourth-order valence-electron chi connectivity index (χ4n) is 2.18. The van der Waals surface area contributed by atoms with E-state index in [1.54, 1.807) is 0 Å². The monoisotopic (exact) mass is 390 g/mol. The van der Waals surface area contributed by atoms with E-state index >= 15 is 0 Å². The van der Waals surface area contributed by atoms with E-state index in [0.29, 0.717) is 0 Å². The molecule has 0 aliphatic carbocycles. The van der Waals surface area contributed by atoms with Crippen molar-refractivity contribution in [1.29, 1.82) is 0 Å². The predicted molar refractivity (Wildman–Crippen MR) is 93.4 cm³/mol. The number of anilines is 1. The first-order valence-electron chi connectivity index (χ1n) is 6.95. The second-order valence-corrected chi connectivity index (χ2v) is 9.09. The largest absolute Gasteiger partial charge is 0.326 e. The molecular formula is C15H23BrN2O3S. The Morgan fingerprint density at radius 3 is 2.36 bits per heavy atom. The quantitative estimate of drug-likeness (QED) is 0.839. The number of hydrogen-bond donors (Lipinski definition) is 1. The van der Waals surface area contributed by atoms with Crippen molar-refractivity contribution in [3.05, 3.63) is 28.2 Å². The van der Waals surface area contributed by atoms with Gasteiger partial charge in [-0.3, -0.25) is 4.79 Å². The van der Waals surface area contributed by atoms with Crippen LogP contribution in [0.3, 0.4) is 0 Å². The summed E-state index contributed by atoms with van der Waals surface area (Å²) in [5.41, 5.74) is 1.12. The summed E-state index contributed by atoms with van der Waals surface area (Å²) >= 11 is 3.37. The molecule has 5 nitrogen and oxygen atoms in total. The number of hydrogen-bond acceptors (Lipinski definition) is 3. The van der Waals surface area contributed by atoms with Gasteiger partial charge in [0.2, 0.25) is 15.9 Å². The lowest BCUT2D eigenvalue weighted by molar-refractivity contribution is -0.116. The minimum atomic E-state index is -3.36. The second kappa shape index (κ2) is 7.10. The summed E-state index contributed by atoms with van der Waals surface area (Å²) in [5.74, 6) is -0.205. The van der Waals surface area contributed by atoms with Gasteiger partial charge in [0.15, 0.2) is 0 Å². The van der Waals surface area contributed by atoms with Gasteiger partial charge in [0.25, 0.3) is 0 Å². The summed E-state index contributed by atoms with van der Waals surface area (Å²) < 4.78 is 25.9. The van der Waals surface area contributed by atoms with Gasteiger partial charge in [0.1, 0.15) is 0 Å². The molecule has 0 spiro atoms. The van der Waals surface area contributed by atoms with Gasteiger partial charge in [-0.1, -0.05) is 15.9 Å². The molecule has 0 heterocycles. The zero-order chi connectivity index (χ0) is 17.1. The number of sulfonamides is 1. The number of nitrogens with one attached hydrogen (secondary N) is 1. The van der Waals surface area contributed by atoms with Crippen LogP contribution in [0.4, 0.5) is 5.69 Å². The van der Waals surface area contributed by atoms with Crippen LogP contribution in [-0.4, -0.2) is 37.0 Å². The van der Waals surface area contributed by atoms with Crippen molar-refractivity contribution in [3.63, 3.8) is 0 Å². The van der Waals surface area contributed by atoms with Gasteiger partial charge in [0.05, 0.1) is 6.26 Å². The highest BCUT2D eigenvalue weighted by molar-refractivity contribution is 9.10. The minimum absolute atomic E-state index is 0.111. The van der Waals surface area contributed by atoms with Crippen LogP contribution in [0.1, 0.15) is 32.8 Å². The fourth-order valence-corrected chi connectivity index (χ4v) is 4.08. The van der Waals surface area contributed by atoms with E-state index in [1.807, 2.05) is 45.9 Å². The number of halogens is 1. The third-order valence-corrected chi connectivity index (χ3v) is 5.18. The van der Waals surface area contributed by atoms with E-state index in [1.165, 1.54) is 4.31 Å². The molecule has 0 saturated carbocycles. The van der Waals surface area contributed by atoms with Crippen LogP contribution in [0.15, 0.2) is 22.7 Å². The molecule has 0 aliphatic heterocycles. The number of nitrogens with zero attached hydrogens (tertiary/aromatic N) is 1. The highest BCUT2D eigenvalue weighted by Crippen LogP contribution is 2.21. The molecule has 22 heavy (non-hydrogen) atoms. The number of aryl methyl sites for hydroxylation is 1. The smallest absolute Gasteiger partial charge is 0.225 e. The van der Waals surface area contributed by atoms with Crippen LogP contribution in [0.25, 0.3) is 0 Å². The molecule has 7 heteroatoms. The topological polar surface area (TPSA) is 66.5 Å². The normalized spacial score (nSPS) is 12.5. The lowest BCUT2D eigenvalue weighted by Gasteiger charge is -2.33. The van der Waals surface area contributed by atoms with Gasteiger partial charge in [-0.05, 0) is 51.5 Å². The Balaban J connectivity index is 2.73. The standard InChI is InChI=1S/C15H23BrN2O3S/c1-11-10-12(16)6-7-13(11)17-14(19)8-9-18(15(2,3)4)22(5,20)21/h6-7,10H,8-9H2,1-5H3,(H,17,19). The first-order chi connectivity index (χ1) is 9.91. The van der Waals surface area contributed by atoms with Crippen molar-refractivity contribution < 1.29 is 13.2 Å². The Morgan fingerprint density at radius 1 is 1.32 bits per heavy atom. The summed E-state index contributed by atoms with van der Waals surface area (Å²) in [6.45, 7) is 7.49. The van der Waals surface area contributed by atoms with Gasteiger partial charge in [-0.15, -0.1) is 0 Å². The molecule has 1 N–H and O–H groups in total. The zero-order valence-electron chi connectivity index (χ0n) is 13.6. The van der Waals surface area contributed by atoms with Gasteiger partial charge in [-0.25, -0.2) is 8.42 Å². The summed E-state index contributed by atoms with van der Waals surface area (Å²) in [4.78, 5) is 12.1. The van der Waals surface area contributed by atoms with Crippen molar-refractivity contribution in [3.8, 4) is 0 Å². The maximum Gasteiger partial charge on any atom is 0.225 e. The summed E-state index contributed by atoms with van der Waals surface area (Å²) in [7, 11) is -3.36. The molecule has 0 unspecified atom stereocenters. The molecule has 0 atom stereocenters. The maximum absolute atomic E-state index is 12.1. The zero-order valence-corrected chi connectivity index (χ0v) is 16.0. The molecule has 0 saturated heterocycles. The summed E-state index contributed by atoms with van der Waals surface area (Å²) in [6, 6.07) is 5.57. The Hall–Kier alpha value is -0.920. The lowest BCUT2D eigenvalue weighted by Crippen LogP contribution is -2.46. The fraction of sp³-hybridized carbons (Fsp3) is 0.533. The number of rotatable bonds is 5. The van der Waals surface area contributed by atoms with Crippen molar-refractivity contribution in [2.75, 3.05) is 18.1 Å². The molecule has 0 aromatic heterocycles. The average molecular weight is 391 g/mol.